The van der Waals surface area contributed by atoms with Crippen LogP contribution in [0.1, 0.15) is 39.5 Å². The first-order chi connectivity index (χ1) is 11.5. The zero-order chi connectivity index (χ0) is 17.8. The fraction of sp³-hybridized carbons (Fsp3) is 0.938. The SMILES string of the molecule is CCNC(=NCC1CCN(S(C)(=O)=O)CC1)NCCCCOCC.I. The van der Waals surface area contributed by atoms with Crippen LogP contribution in [0.3, 0.4) is 0 Å². The average molecular weight is 490 g/mol. The van der Waals surface area contributed by atoms with Gasteiger partial charge in [-0.05, 0) is 45.4 Å². The zero-order valence-corrected chi connectivity index (χ0v) is 18.9. The largest absolute Gasteiger partial charge is 0.382 e. The van der Waals surface area contributed by atoms with Gasteiger partial charge in [0.05, 0.1) is 6.26 Å². The lowest BCUT2D eigenvalue weighted by Crippen LogP contribution is -2.40. The van der Waals surface area contributed by atoms with Crippen molar-refractivity contribution in [1.29, 1.82) is 0 Å². The van der Waals surface area contributed by atoms with E-state index < -0.39 is 10.0 Å². The lowest BCUT2D eigenvalue weighted by atomic mass is 9.98. The van der Waals surface area contributed by atoms with E-state index >= 15 is 0 Å². The molecular weight excluding hydrogens is 455 g/mol. The van der Waals surface area contributed by atoms with Gasteiger partial charge < -0.3 is 15.4 Å². The number of hydrogen-bond donors (Lipinski definition) is 2. The van der Waals surface area contributed by atoms with Gasteiger partial charge in [-0.1, -0.05) is 0 Å². The van der Waals surface area contributed by atoms with E-state index in [-0.39, 0.29) is 24.0 Å². The molecule has 25 heavy (non-hydrogen) atoms. The second kappa shape index (κ2) is 14.0. The monoisotopic (exact) mass is 490 g/mol. The standard InChI is InChI=1S/C16H34N4O3S.HI/c1-4-17-16(18-10-6-7-13-23-5-2)19-14-15-8-11-20(12-9-15)24(3,21)22;/h15H,4-14H2,1-3H3,(H2,17,18,19);1H. The highest BCUT2D eigenvalue weighted by Crippen LogP contribution is 2.19. The molecule has 0 radical (unpaired) electrons. The summed E-state index contributed by atoms with van der Waals surface area (Å²) < 4.78 is 29.9. The third-order valence-corrected chi connectivity index (χ3v) is 5.41. The van der Waals surface area contributed by atoms with Gasteiger partial charge in [0.15, 0.2) is 5.96 Å². The smallest absolute Gasteiger partial charge is 0.211 e. The zero-order valence-electron chi connectivity index (χ0n) is 15.8. The van der Waals surface area contributed by atoms with Crippen LogP contribution in [-0.4, -0.2) is 70.9 Å². The quantitative estimate of drug-likeness (QED) is 0.211. The van der Waals surface area contributed by atoms with Gasteiger partial charge in [-0.25, -0.2) is 12.7 Å². The minimum atomic E-state index is -3.05. The van der Waals surface area contributed by atoms with Crippen molar-refractivity contribution in [3.05, 3.63) is 0 Å². The highest BCUT2D eigenvalue weighted by Gasteiger charge is 2.24. The van der Waals surface area contributed by atoms with E-state index in [2.05, 4.69) is 22.5 Å². The van der Waals surface area contributed by atoms with Crippen molar-refractivity contribution in [2.75, 3.05) is 52.2 Å². The number of nitrogens with one attached hydrogen (secondary N) is 2. The molecule has 0 unspecified atom stereocenters. The van der Waals surface area contributed by atoms with E-state index in [1.807, 2.05) is 6.92 Å². The molecule has 150 valence electrons. The van der Waals surface area contributed by atoms with Gasteiger partial charge in [0.25, 0.3) is 0 Å². The number of nitrogens with zero attached hydrogens (tertiary/aromatic N) is 2. The molecule has 0 bridgehead atoms. The van der Waals surface area contributed by atoms with Crippen molar-refractivity contribution in [3.63, 3.8) is 0 Å². The molecule has 1 aliphatic rings. The molecule has 0 saturated carbocycles. The Labute approximate surface area is 170 Å². The normalized spacial score (nSPS) is 17.2. The van der Waals surface area contributed by atoms with Crippen molar-refractivity contribution >= 4 is 40.0 Å². The predicted molar refractivity (Wildman–Crippen MR) is 114 cm³/mol. The summed E-state index contributed by atoms with van der Waals surface area (Å²) in [4.78, 5) is 4.65. The Kier molecular flexibility index (Phi) is 13.9. The molecule has 0 spiro atoms. The first kappa shape index (κ1) is 24.9. The Balaban J connectivity index is 0.00000576. The lowest BCUT2D eigenvalue weighted by molar-refractivity contribution is 0.143. The molecule has 1 heterocycles. The lowest BCUT2D eigenvalue weighted by Gasteiger charge is -2.29. The van der Waals surface area contributed by atoms with E-state index in [0.29, 0.717) is 19.0 Å². The molecule has 0 aliphatic carbocycles. The number of hydrogen-bond acceptors (Lipinski definition) is 4. The fourth-order valence-electron chi connectivity index (χ4n) is 2.67. The molecule has 7 nitrogen and oxygen atoms in total. The maximum Gasteiger partial charge on any atom is 0.211 e. The number of ether oxygens (including phenoxy) is 1. The van der Waals surface area contributed by atoms with Crippen LogP contribution in [0.25, 0.3) is 0 Å². The van der Waals surface area contributed by atoms with E-state index in [1.54, 1.807) is 4.31 Å². The first-order valence-electron chi connectivity index (χ1n) is 9.02. The Hall–Kier alpha value is -0.130. The van der Waals surface area contributed by atoms with Crippen LogP contribution in [0.2, 0.25) is 0 Å². The summed E-state index contributed by atoms with van der Waals surface area (Å²) in [5, 5.41) is 6.61. The number of halogens is 1. The van der Waals surface area contributed by atoms with E-state index in [1.165, 1.54) is 6.26 Å². The minimum absolute atomic E-state index is 0. The van der Waals surface area contributed by atoms with E-state index in [9.17, 15) is 8.42 Å². The summed E-state index contributed by atoms with van der Waals surface area (Å²) in [6.45, 7) is 9.32. The van der Waals surface area contributed by atoms with Crippen molar-refractivity contribution in [2.24, 2.45) is 10.9 Å². The molecule has 1 rings (SSSR count). The van der Waals surface area contributed by atoms with Crippen LogP contribution in [0.4, 0.5) is 0 Å². The number of guanidine groups is 1. The summed E-state index contributed by atoms with van der Waals surface area (Å²) >= 11 is 0. The molecule has 0 aromatic carbocycles. The Bertz CT molecular complexity index is 466. The van der Waals surface area contributed by atoms with Crippen LogP contribution in [0, 0.1) is 5.92 Å². The number of rotatable bonds is 10. The first-order valence-corrected chi connectivity index (χ1v) is 10.9. The molecule has 2 N–H and O–H groups in total. The summed E-state index contributed by atoms with van der Waals surface area (Å²) in [7, 11) is -3.05. The molecule has 0 aromatic heterocycles. The van der Waals surface area contributed by atoms with Gasteiger partial charge in [-0.3, -0.25) is 4.99 Å². The summed E-state index contributed by atoms with van der Waals surface area (Å²) in [5.41, 5.74) is 0. The molecule has 0 amide bonds. The summed E-state index contributed by atoms with van der Waals surface area (Å²) in [6, 6.07) is 0. The van der Waals surface area contributed by atoms with Crippen LogP contribution < -0.4 is 10.6 Å². The van der Waals surface area contributed by atoms with Gasteiger partial charge in [0.2, 0.25) is 10.0 Å². The molecule has 1 fully saturated rings. The van der Waals surface area contributed by atoms with Gasteiger partial charge in [-0.15, -0.1) is 24.0 Å². The number of unbranched alkanes of at least 4 members (excludes halogenated alkanes) is 1. The Morgan fingerprint density at radius 3 is 2.44 bits per heavy atom. The third kappa shape index (κ3) is 11.2. The predicted octanol–water partition coefficient (Wildman–Crippen LogP) is 1.65. The Morgan fingerprint density at radius 1 is 1.20 bits per heavy atom. The van der Waals surface area contributed by atoms with Crippen LogP contribution >= 0.6 is 24.0 Å². The third-order valence-electron chi connectivity index (χ3n) is 4.11. The number of sulfonamides is 1. The van der Waals surface area contributed by atoms with Crippen molar-refractivity contribution < 1.29 is 13.2 Å². The summed E-state index contributed by atoms with van der Waals surface area (Å²) in [6.07, 6.45) is 5.14. The molecule has 9 heteroatoms. The van der Waals surface area contributed by atoms with Gasteiger partial charge in [0.1, 0.15) is 0 Å². The second-order valence-electron chi connectivity index (χ2n) is 6.16. The molecular formula is C16H35IN4O3S. The van der Waals surface area contributed by atoms with Gasteiger partial charge in [0, 0.05) is 45.9 Å². The van der Waals surface area contributed by atoms with E-state index in [4.69, 9.17) is 4.74 Å². The maximum absolute atomic E-state index is 11.5. The average Bonchev–Trinajstić information content (AvgIpc) is 2.55. The number of piperidine rings is 1. The highest BCUT2D eigenvalue weighted by molar-refractivity contribution is 14.0. The van der Waals surface area contributed by atoms with Crippen molar-refractivity contribution in [1.82, 2.24) is 14.9 Å². The number of aliphatic imine (C=N–C) groups is 1. The van der Waals surface area contributed by atoms with Crippen LogP contribution in [0.15, 0.2) is 4.99 Å². The highest BCUT2D eigenvalue weighted by atomic mass is 127. The molecule has 0 atom stereocenters. The fourth-order valence-corrected chi connectivity index (χ4v) is 3.54. The van der Waals surface area contributed by atoms with Crippen LogP contribution in [-0.2, 0) is 14.8 Å². The van der Waals surface area contributed by atoms with Crippen molar-refractivity contribution in [2.45, 2.75) is 39.5 Å². The Morgan fingerprint density at radius 2 is 1.88 bits per heavy atom. The van der Waals surface area contributed by atoms with Gasteiger partial charge >= 0.3 is 0 Å². The van der Waals surface area contributed by atoms with Gasteiger partial charge in [-0.2, -0.15) is 0 Å². The van der Waals surface area contributed by atoms with Crippen LogP contribution in [0.5, 0.6) is 0 Å². The molecule has 1 aliphatic heterocycles. The van der Waals surface area contributed by atoms with E-state index in [0.717, 1.165) is 64.5 Å². The maximum atomic E-state index is 11.5. The minimum Gasteiger partial charge on any atom is -0.382 e. The topological polar surface area (TPSA) is 83.0 Å². The second-order valence-corrected chi connectivity index (χ2v) is 8.14. The van der Waals surface area contributed by atoms with Crippen molar-refractivity contribution in [3.8, 4) is 0 Å². The molecule has 0 aromatic rings. The molecule has 1 saturated heterocycles. The summed E-state index contributed by atoms with van der Waals surface area (Å²) in [5.74, 6) is 1.30.